The van der Waals surface area contributed by atoms with Crippen molar-refractivity contribution in [1.82, 2.24) is 14.9 Å². The molecule has 1 aliphatic heterocycles. The minimum absolute atomic E-state index is 0.0773. The maximum atomic E-state index is 14.8. The number of anilines is 1. The van der Waals surface area contributed by atoms with Gasteiger partial charge in [0.15, 0.2) is 0 Å². The summed E-state index contributed by atoms with van der Waals surface area (Å²) in [7, 11) is 1.57. The van der Waals surface area contributed by atoms with Crippen LogP contribution >= 0.6 is 0 Å². The molecule has 0 unspecified atom stereocenters. The molecule has 2 aromatic heterocycles. The Kier molecular flexibility index (Phi) is 3.76. The smallest absolute Gasteiger partial charge is 0.261 e. The predicted octanol–water partition coefficient (Wildman–Crippen LogP) is 3.44. The number of nitrogens with one attached hydrogen (secondary N) is 1. The van der Waals surface area contributed by atoms with Gasteiger partial charge in [0.05, 0.1) is 29.4 Å². The standard InChI is InChI=1S/C20H13F2N5O2/c1-27-16-7-14(21)17(18(22)13(16)9-24-27)20(28)25-11-3-2-10-8-23-19(12(10)6-11)15-4-5-29-26-15/h2-7,9H,8H2,1H3,(H,25,28). The van der Waals surface area contributed by atoms with E-state index in [2.05, 4.69) is 20.6 Å². The number of hydrogen-bond donors (Lipinski definition) is 1. The van der Waals surface area contributed by atoms with Crippen LogP contribution in [0.4, 0.5) is 14.5 Å². The number of carbonyl (C=O) groups is 1. The van der Waals surface area contributed by atoms with Crippen molar-refractivity contribution in [3.8, 4) is 0 Å². The third-order valence-corrected chi connectivity index (χ3v) is 4.88. The Morgan fingerprint density at radius 2 is 2.10 bits per heavy atom. The van der Waals surface area contributed by atoms with Crippen LogP contribution in [0.1, 0.15) is 27.2 Å². The van der Waals surface area contributed by atoms with Crippen LogP contribution in [0.3, 0.4) is 0 Å². The number of carbonyl (C=O) groups excluding carboxylic acids is 1. The molecule has 9 heteroatoms. The molecule has 0 radical (unpaired) electrons. The first-order chi connectivity index (χ1) is 14.0. The molecular formula is C20H13F2N5O2. The molecule has 1 aliphatic rings. The molecule has 0 spiro atoms. The van der Waals surface area contributed by atoms with Gasteiger partial charge in [-0.05, 0) is 17.7 Å². The van der Waals surface area contributed by atoms with Crippen LogP contribution in [0, 0.1) is 11.6 Å². The second kappa shape index (κ2) is 6.33. The number of halogens is 2. The van der Waals surface area contributed by atoms with Crippen molar-refractivity contribution in [3.63, 3.8) is 0 Å². The first-order valence-electron chi connectivity index (χ1n) is 8.72. The highest BCUT2D eigenvalue weighted by atomic mass is 19.1. The Bertz CT molecular complexity index is 1310. The van der Waals surface area contributed by atoms with E-state index in [9.17, 15) is 13.6 Å². The van der Waals surface area contributed by atoms with Crippen molar-refractivity contribution < 1.29 is 18.1 Å². The number of benzene rings is 2. The number of amides is 1. The van der Waals surface area contributed by atoms with Gasteiger partial charge in [-0.1, -0.05) is 11.2 Å². The summed E-state index contributed by atoms with van der Waals surface area (Å²) in [5, 5.41) is 10.4. The Morgan fingerprint density at radius 1 is 1.24 bits per heavy atom. The summed E-state index contributed by atoms with van der Waals surface area (Å²) in [6.45, 7) is 0.479. The van der Waals surface area contributed by atoms with E-state index in [4.69, 9.17) is 4.52 Å². The van der Waals surface area contributed by atoms with Gasteiger partial charge < -0.3 is 9.84 Å². The van der Waals surface area contributed by atoms with Gasteiger partial charge in [-0.15, -0.1) is 0 Å². The van der Waals surface area contributed by atoms with Gasteiger partial charge in [-0.3, -0.25) is 14.5 Å². The van der Waals surface area contributed by atoms with Crippen LogP contribution in [0.2, 0.25) is 0 Å². The molecule has 7 nitrogen and oxygen atoms in total. The second-order valence-electron chi connectivity index (χ2n) is 6.62. The SMILES string of the molecule is Cn1ncc2c(F)c(C(=O)Nc3ccc4c(c3)C(c3ccon3)=NC4)c(F)cc21. The Balaban J connectivity index is 1.49. The lowest BCUT2D eigenvalue weighted by atomic mass is 10.0. The Hall–Kier alpha value is -3.88. The van der Waals surface area contributed by atoms with E-state index in [0.29, 0.717) is 23.6 Å². The average molecular weight is 393 g/mol. The molecule has 0 saturated carbocycles. The number of hydrogen-bond acceptors (Lipinski definition) is 5. The fraction of sp³-hybridized carbons (Fsp3) is 0.100. The molecule has 0 atom stereocenters. The average Bonchev–Trinajstić information content (AvgIpc) is 3.42. The fourth-order valence-electron chi connectivity index (χ4n) is 3.44. The zero-order valence-electron chi connectivity index (χ0n) is 15.1. The third-order valence-electron chi connectivity index (χ3n) is 4.88. The molecule has 144 valence electrons. The van der Waals surface area contributed by atoms with E-state index in [1.54, 1.807) is 31.3 Å². The molecule has 0 aliphatic carbocycles. The van der Waals surface area contributed by atoms with Gasteiger partial charge >= 0.3 is 0 Å². The van der Waals surface area contributed by atoms with Gasteiger partial charge in [-0.25, -0.2) is 8.78 Å². The van der Waals surface area contributed by atoms with Crippen LogP contribution in [0.25, 0.3) is 10.9 Å². The van der Waals surface area contributed by atoms with Crippen molar-refractivity contribution in [2.75, 3.05) is 5.32 Å². The Morgan fingerprint density at radius 3 is 2.90 bits per heavy atom. The lowest BCUT2D eigenvalue weighted by molar-refractivity contribution is 0.101. The molecule has 5 rings (SSSR count). The Labute approximate surface area is 162 Å². The van der Waals surface area contributed by atoms with Gasteiger partial charge in [0, 0.05) is 30.4 Å². The zero-order valence-corrected chi connectivity index (χ0v) is 15.1. The van der Waals surface area contributed by atoms with Crippen LogP contribution in [-0.4, -0.2) is 26.6 Å². The molecule has 0 fully saturated rings. The summed E-state index contributed by atoms with van der Waals surface area (Å²) in [4.78, 5) is 17.1. The van der Waals surface area contributed by atoms with Gasteiger partial charge in [0.1, 0.15) is 29.2 Å². The van der Waals surface area contributed by atoms with Crippen LogP contribution in [0.15, 0.2) is 52.3 Å². The van der Waals surface area contributed by atoms with E-state index in [-0.39, 0.29) is 10.9 Å². The lowest BCUT2D eigenvalue weighted by Gasteiger charge is -2.10. The van der Waals surface area contributed by atoms with Gasteiger partial charge in [0.25, 0.3) is 5.91 Å². The van der Waals surface area contributed by atoms with E-state index >= 15 is 0 Å². The molecular weight excluding hydrogens is 380 g/mol. The molecule has 2 aromatic carbocycles. The van der Waals surface area contributed by atoms with Crippen molar-refractivity contribution in [1.29, 1.82) is 0 Å². The van der Waals surface area contributed by atoms with Crippen LogP contribution < -0.4 is 5.32 Å². The summed E-state index contributed by atoms with van der Waals surface area (Å²) in [5.74, 6) is -2.79. The predicted molar refractivity (Wildman–Crippen MR) is 101 cm³/mol. The summed E-state index contributed by atoms with van der Waals surface area (Å²) < 4.78 is 35.5. The number of aryl methyl sites for hydroxylation is 1. The van der Waals surface area contributed by atoms with Crippen molar-refractivity contribution in [2.45, 2.75) is 6.54 Å². The molecule has 0 saturated heterocycles. The van der Waals surface area contributed by atoms with Crippen LogP contribution in [-0.2, 0) is 13.6 Å². The molecule has 0 bridgehead atoms. The van der Waals surface area contributed by atoms with Crippen molar-refractivity contribution in [3.05, 3.63) is 76.8 Å². The maximum absolute atomic E-state index is 14.8. The fourth-order valence-corrected chi connectivity index (χ4v) is 3.44. The topological polar surface area (TPSA) is 85.3 Å². The molecule has 4 aromatic rings. The minimum Gasteiger partial charge on any atom is -0.364 e. The quantitative estimate of drug-likeness (QED) is 0.578. The monoisotopic (exact) mass is 393 g/mol. The summed E-state index contributed by atoms with van der Waals surface area (Å²) in [6.07, 6.45) is 2.71. The number of nitrogens with zero attached hydrogens (tertiary/aromatic N) is 4. The van der Waals surface area contributed by atoms with E-state index < -0.39 is 23.1 Å². The second-order valence-corrected chi connectivity index (χ2v) is 6.62. The summed E-state index contributed by atoms with van der Waals surface area (Å²) >= 11 is 0. The largest absolute Gasteiger partial charge is 0.364 e. The molecule has 1 amide bonds. The molecule has 1 N–H and O–H groups in total. The molecule has 29 heavy (non-hydrogen) atoms. The minimum atomic E-state index is -0.956. The summed E-state index contributed by atoms with van der Waals surface area (Å²) in [5.41, 5.74) is 2.94. The van der Waals surface area contributed by atoms with Crippen molar-refractivity contribution in [2.24, 2.45) is 12.0 Å². The normalized spacial score (nSPS) is 12.9. The number of fused-ring (bicyclic) bond motifs is 2. The number of rotatable bonds is 3. The number of aromatic nitrogens is 3. The highest BCUT2D eigenvalue weighted by Crippen LogP contribution is 2.27. The summed E-state index contributed by atoms with van der Waals surface area (Å²) in [6, 6.07) is 7.95. The first kappa shape index (κ1) is 17.2. The van der Waals surface area contributed by atoms with Crippen LogP contribution in [0.5, 0.6) is 0 Å². The van der Waals surface area contributed by atoms with Gasteiger partial charge in [0.2, 0.25) is 0 Å². The third kappa shape index (κ3) is 2.70. The maximum Gasteiger partial charge on any atom is 0.261 e. The lowest BCUT2D eigenvalue weighted by Crippen LogP contribution is -2.16. The van der Waals surface area contributed by atoms with E-state index in [0.717, 1.165) is 17.2 Å². The number of aliphatic imine (C=N–C) groups is 1. The highest BCUT2D eigenvalue weighted by molar-refractivity contribution is 6.15. The zero-order chi connectivity index (χ0) is 20.1. The van der Waals surface area contributed by atoms with E-state index in [1.807, 2.05) is 0 Å². The first-order valence-corrected chi connectivity index (χ1v) is 8.72. The highest BCUT2D eigenvalue weighted by Gasteiger charge is 2.24. The van der Waals surface area contributed by atoms with E-state index in [1.165, 1.54) is 17.1 Å². The molecule has 3 heterocycles. The van der Waals surface area contributed by atoms with Gasteiger partial charge in [-0.2, -0.15) is 5.10 Å². The van der Waals surface area contributed by atoms with Crippen molar-refractivity contribution >= 4 is 28.2 Å².